The second kappa shape index (κ2) is 7.81. The van der Waals surface area contributed by atoms with Gasteiger partial charge in [0.25, 0.3) is 0 Å². The normalized spacial score (nSPS) is 14.8. The highest BCUT2D eigenvalue weighted by atomic mass is 16.1. The molecular formula is C23H21NO2. The largest absolute Gasteiger partial charge is 0.347 e. The van der Waals surface area contributed by atoms with Crippen molar-refractivity contribution in [3.8, 4) is 0 Å². The Kier molecular flexibility index (Phi) is 5.31. The number of aromatic nitrogens is 1. The summed E-state index contributed by atoms with van der Waals surface area (Å²) in [4.78, 5) is 24.4. The Morgan fingerprint density at radius 3 is 2.65 bits per heavy atom. The second-order valence-electron chi connectivity index (χ2n) is 6.28. The van der Waals surface area contributed by atoms with Crippen LogP contribution in [0.2, 0.25) is 0 Å². The number of hydrogen-bond acceptors (Lipinski definition) is 2. The first-order valence-corrected chi connectivity index (χ1v) is 8.71. The average Bonchev–Trinajstić information content (AvgIpc) is 2.87. The van der Waals surface area contributed by atoms with Crippen molar-refractivity contribution in [2.45, 2.75) is 25.8 Å². The molecule has 1 aliphatic rings. The summed E-state index contributed by atoms with van der Waals surface area (Å²) in [6.07, 6.45) is 7.78. The van der Waals surface area contributed by atoms with Crippen molar-refractivity contribution in [2.24, 2.45) is 0 Å². The van der Waals surface area contributed by atoms with Crippen LogP contribution < -0.4 is 5.43 Å². The van der Waals surface area contributed by atoms with Crippen molar-refractivity contribution in [3.05, 3.63) is 101 Å². The van der Waals surface area contributed by atoms with Gasteiger partial charge in [-0.1, -0.05) is 43.5 Å². The van der Waals surface area contributed by atoms with Gasteiger partial charge in [-0.3, -0.25) is 9.59 Å². The van der Waals surface area contributed by atoms with Crippen LogP contribution in [-0.2, 0) is 6.54 Å². The van der Waals surface area contributed by atoms with E-state index in [-0.39, 0.29) is 16.8 Å². The molecule has 3 nitrogen and oxygen atoms in total. The van der Waals surface area contributed by atoms with E-state index in [9.17, 15) is 9.59 Å². The Bertz CT molecular complexity index is 987. The number of nitrogens with zero attached hydrogens (tertiary/aromatic N) is 1. The molecule has 26 heavy (non-hydrogen) atoms. The molecule has 0 atom stereocenters. The first kappa shape index (κ1) is 17.7. The van der Waals surface area contributed by atoms with E-state index in [2.05, 4.69) is 18.9 Å². The van der Waals surface area contributed by atoms with E-state index in [0.29, 0.717) is 0 Å². The van der Waals surface area contributed by atoms with Crippen molar-refractivity contribution in [3.63, 3.8) is 0 Å². The highest BCUT2D eigenvalue weighted by Gasteiger charge is 2.17. The number of allylic oxidation sites excluding steroid dienone is 4. The van der Waals surface area contributed by atoms with Crippen LogP contribution in [0.3, 0.4) is 0 Å². The lowest BCUT2D eigenvalue weighted by Crippen LogP contribution is -2.18. The van der Waals surface area contributed by atoms with Crippen molar-refractivity contribution in [2.75, 3.05) is 0 Å². The summed E-state index contributed by atoms with van der Waals surface area (Å²) >= 11 is 0. The molecule has 3 rings (SSSR count). The summed E-state index contributed by atoms with van der Waals surface area (Å²) in [5, 5.41) is 0. The van der Waals surface area contributed by atoms with Gasteiger partial charge in [0, 0.05) is 30.1 Å². The molecular weight excluding hydrogens is 322 g/mol. The van der Waals surface area contributed by atoms with Gasteiger partial charge in [-0.25, -0.2) is 0 Å². The molecule has 0 saturated carbocycles. The first-order valence-electron chi connectivity index (χ1n) is 8.71. The van der Waals surface area contributed by atoms with Gasteiger partial charge in [-0.2, -0.15) is 0 Å². The fraction of sp³-hybridized carbons (Fsp3) is 0.174. The van der Waals surface area contributed by atoms with Gasteiger partial charge in [0.05, 0.1) is 5.56 Å². The first-order chi connectivity index (χ1) is 12.6. The van der Waals surface area contributed by atoms with Gasteiger partial charge >= 0.3 is 0 Å². The molecule has 0 amide bonds. The van der Waals surface area contributed by atoms with Crippen LogP contribution in [-0.4, -0.2) is 10.4 Å². The molecule has 0 radical (unpaired) electrons. The lowest BCUT2D eigenvalue weighted by atomic mass is 9.98. The number of aryl methyl sites for hydroxylation is 1. The zero-order valence-corrected chi connectivity index (χ0v) is 14.7. The van der Waals surface area contributed by atoms with Crippen LogP contribution in [0.4, 0.5) is 0 Å². The zero-order chi connectivity index (χ0) is 18.5. The van der Waals surface area contributed by atoms with E-state index < -0.39 is 0 Å². The minimum absolute atomic E-state index is 0.174. The van der Waals surface area contributed by atoms with E-state index in [4.69, 9.17) is 0 Å². The van der Waals surface area contributed by atoms with Crippen molar-refractivity contribution in [1.29, 1.82) is 0 Å². The molecule has 0 unspecified atom stereocenters. The molecule has 0 aliphatic carbocycles. The highest BCUT2D eigenvalue weighted by Crippen LogP contribution is 2.28. The highest BCUT2D eigenvalue weighted by molar-refractivity contribution is 6.04. The summed E-state index contributed by atoms with van der Waals surface area (Å²) < 4.78 is 2.00. The second-order valence-corrected chi connectivity index (χ2v) is 6.28. The van der Waals surface area contributed by atoms with Gasteiger partial charge in [-0.15, -0.1) is 5.73 Å². The molecule has 3 heteroatoms. The molecule has 0 saturated heterocycles. The van der Waals surface area contributed by atoms with Crippen molar-refractivity contribution in [1.82, 2.24) is 4.57 Å². The van der Waals surface area contributed by atoms with Gasteiger partial charge in [0.1, 0.15) is 0 Å². The number of rotatable bonds is 4. The quantitative estimate of drug-likeness (QED) is 0.460. The number of pyridine rings is 1. The van der Waals surface area contributed by atoms with Crippen LogP contribution in [0, 0.1) is 0 Å². The molecule has 0 fully saturated rings. The molecule has 0 bridgehead atoms. The van der Waals surface area contributed by atoms with Gasteiger partial charge in [0.2, 0.25) is 0 Å². The number of carbonyl (C=O) groups is 1. The fourth-order valence-corrected chi connectivity index (χ4v) is 3.23. The van der Waals surface area contributed by atoms with E-state index in [1.807, 2.05) is 41.0 Å². The van der Waals surface area contributed by atoms with Crippen LogP contribution in [0.15, 0.2) is 78.4 Å². The minimum atomic E-state index is -0.337. The smallest absolute Gasteiger partial charge is 0.193 e. The summed E-state index contributed by atoms with van der Waals surface area (Å²) in [6, 6.07) is 11.5. The predicted octanol–water partition coefficient (Wildman–Crippen LogP) is 4.65. The Hall–Kier alpha value is -3.16. The third-order valence-corrected chi connectivity index (χ3v) is 4.60. The van der Waals surface area contributed by atoms with Crippen LogP contribution >= 0.6 is 0 Å². The van der Waals surface area contributed by atoms with E-state index in [1.54, 1.807) is 12.3 Å². The Morgan fingerprint density at radius 2 is 1.96 bits per heavy atom. The van der Waals surface area contributed by atoms with E-state index in [1.165, 1.54) is 6.08 Å². The molecule has 0 N–H and O–H groups in total. The Balaban J connectivity index is 2.12. The molecule has 1 aromatic heterocycles. The molecule has 2 heterocycles. The van der Waals surface area contributed by atoms with Crippen LogP contribution in [0.5, 0.6) is 0 Å². The molecule has 1 aliphatic heterocycles. The van der Waals surface area contributed by atoms with E-state index >= 15 is 0 Å². The maximum Gasteiger partial charge on any atom is 0.193 e. The predicted molar refractivity (Wildman–Crippen MR) is 106 cm³/mol. The van der Waals surface area contributed by atoms with E-state index in [0.717, 1.165) is 48.2 Å². The standard InChI is InChI=1S/C23H21NO2/c1-3-17(18-10-6-5-7-11-18)14-19-12-8-9-13-24-16-20(22(25)4-2)23(26)15-21(19)24/h4-7,10-11,14-16H,1-2,8-9,12-13H2/b19-14+. The van der Waals surface area contributed by atoms with Gasteiger partial charge < -0.3 is 4.57 Å². The SMILES string of the molecule is C=C=C(/C=C1\CCCCn2cc(C(=O)C=C)c(=O)cc21)c1ccccc1. The summed E-state index contributed by atoms with van der Waals surface area (Å²) in [7, 11) is 0. The maximum absolute atomic E-state index is 12.4. The summed E-state index contributed by atoms with van der Waals surface area (Å²) in [6.45, 7) is 8.08. The molecule has 2 aromatic rings. The fourth-order valence-electron chi connectivity index (χ4n) is 3.23. The van der Waals surface area contributed by atoms with Crippen molar-refractivity contribution < 1.29 is 4.79 Å². The van der Waals surface area contributed by atoms with Crippen molar-refractivity contribution >= 4 is 16.9 Å². The van der Waals surface area contributed by atoms with Crippen LogP contribution in [0.25, 0.3) is 11.1 Å². The number of benzene rings is 1. The van der Waals surface area contributed by atoms with Gasteiger partial charge in [0.15, 0.2) is 11.2 Å². The summed E-state index contributed by atoms with van der Waals surface area (Å²) in [5.41, 5.74) is 6.76. The molecule has 0 spiro atoms. The number of carbonyl (C=O) groups excluding carboxylic acids is 1. The topological polar surface area (TPSA) is 39.1 Å². The molecule has 1 aromatic carbocycles. The zero-order valence-electron chi connectivity index (χ0n) is 14.7. The minimum Gasteiger partial charge on any atom is -0.347 e. The lowest BCUT2D eigenvalue weighted by Gasteiger charge is -2.14. The van der Waals surface area contributed by atoms with Gasteiger partial charge in [-0.05, 0) is 42.6 Å². The summed E-state index contributed by atoms with van der Waals surface area (Å²) in [5.74, 6) is -0.337. The van der Waals surface area contributed by atoms with Crippen LogP contribution in [0.1, 0.15) is 40.9 Å². The monoisotopic (exact) mass is 343 g/mol. The number of fused-ring (bicyclic) bond motifs is 1. The Morgan fingerprint density at radius 1 is 1.19 bits per heavy atom. The number of ketones is 1. The average molecular weight is 343 g/mol. The Labute approximate surface area is 153 Å². The lowest BCUT2D eigenvalue weighted by molar-refractivity contribution is 0.104. The third-order valence-electron chi connectivity index (χ3n) is 4.60. The third kappa shape index (κ3) is 3.58. The molecule has 130 valence electrons. The number of hydrogen-bond donors (Lipinski definition) is 0. The maximum atomic E-state index is 12.4.